The van der Waals surface area contributed by atoms with Crippen molar-refractivity contribution in [3.8, 4) is 5.69 Å². The van der Waals surface area contributed by atoms with Crippen molar-refractivity contribution < 1.29 is 0 Å². The quantitative estimate of drug-likeness (QED) is 0.761. The van der Waals surface area contributed by atoms with Crippen LogP contribution in [0, 0.1) is 0 Å². The Hall–Kier alpha value is -2.43. The molecule has 3 rings (SSSR count). The molecule has 0 atom stereocenters. The first-order valence-corrected chi connectivity index (χ1v) is 6.21. The Kier molecular flexibility index (Phi) is 2.67. The Balaban J connectivity index is 2.11. The van der Waals surface area contributed by atoms with Gasteiger partial charge in [0.2, 0.25) is 0 Å². The Morgan fingerprint density at radius 2 is 1.84 bits per heavy atom. The SMILES string of the molecule is CC(C)c1ccc(-n2ncc3c(N)ncnc32)cc1. The monoisotopic (exact) mass is 253 g/mol. The average Bonchev–Trinajstić information content (AvgIpc) is 2.84. The first-order valence-electron chi connectivity index (χ1n) is 6.21. The van der Waals surface area contributed by atoms with E-state index in [0.29, 0.717) is 11.7 Å². The molecular weight excluding hydrogens is 238 g/mol. The van der Waals surface area contributed by atoms with Crippen molar-refractivity contribution in [2.75, 3.05) is 5.73 Å². The standard InChI is InChI=1S/C14H15N5/c1-9(2)10-3-5-11(6-4-10)19-14-12(7-18-19)13(15)16-8-17-14/h3-9H,1-2H3,(H2,15,16,17). The molecule has 0 unspecified atom stereocenters. The van der Waals surface area contributed by atoms with Gasteiger partial charge in [-0.05, 0) is 23.6 Å². The molecule has 1 aromatic carbocycles. The van der Waals surface area contributed by atoms with Crippen molar-refractivity contribution in [3.05, 3.63) is 42.4 Å². The van der Waals surface area contributed by atoms with Crippen molar-refractivity contribution in [3.63, 3.8) is 0 Å². The molecule has 0 saturated carbocycles. The van der Waals surface area contributed by atoms with E-state index < -0.39 is 0 Å². The van der Waals surface area contributed by atoms with Gasteiger partial charge in [-0.1, -0.05) is 26.0 Å². The average molecular weight is 253 g/mol. The van der Waals surface area contributed by atoms with Crippen molar-refractivity contribution >= 4 is 16.9 Å². The van der Waals surface area contributed by atoms with E-state index in [4.69, 9.17) is 5.73 Å². The summed E-state index contributed by atoms with van der Waals surface area (Å²) in [5, 5.41) is 5.11. The topological polar surface area (TPSA) is 69.6 Å². The molecule has 0 fully saturated rings. The molecule has 2 N–H and O–H groups in total. The van der Waals surface area contributed by atoms with E-state index in [1.165, 1.54) is 11.9 Å². The summed E-state index contributed by atoms with van der Waals surface area (Å²) < 4.78 is 1.78. The number of fused-ring (bicyclic) bond motifs is 1. The van der Waals surface area contributed by atoms with Gasteiger partial charge in [-0.2, -0.15) is 5.10 Å². The van der Waals surface area contributed by atoms with Crippen molar-refractivity contribution in [2.24, 2.45) is 0 Å². The number of anilines is 1. The molecule has 5 nitrogen and oxygen atoms in total. The summed E-state index contributed by atoms with van der Waals surface area (Å²) in [4.78, 5) is 8.21. The maximum absolute atomic E-state index is 5.81. The van der Waals surface area contributed by atoms with Gasteiger partial charge < -0.3 is 5.73 Å². The van der Waals surface area contributed by atoms with Crippen LogP contribution in [0.2, 0.25) is 0 Å². The summed E-state index contributed by atoms with van der Waals surface area (Å²) in [7, 11) is 0. The number of nitrogens with two attached hydrogens (primary N) is 1. The molecule has 0 amide bonds. The normalized spacial score (nSPS) is 11.3. The number of hydrogen-bond acceptors (Lipinski definition) is 4. The maximum atomic E-state index is 5.81. The number of nitrogen functional groups attached to an aromatic ring is 1. The molecule has 0 aliphatic rings. The van der Waals surface area contributed by atoms with Gasteiger partial charge in [0, 0.05) is 0 Å². The first-order chi connectivity index (χ1) is 9.16. The number of hydrogen-bond donors (Lipinski definition) is 1. The molecule has 0 aliphatic heterocycles. The van der Waals surface area contributed by atoms with Crippen LogP contribution in [0.3, 0.4) is 0 Å². The second-order valence-electron chi connectivity index (χ2n) is 4.80. The second kappa shape index (κ2) is 4.35. The van der Waals surface area contributed by atoms with E-state index in [1.54, 1.807) is 10.9 Å². The Morgan fingerprint density at radius 3 is 2.53 bits per heavy atom. The molecule has 96 valence electrons. The van der Waals surface area contributed by atoms with Gasteiger partial charge in [0.05, 0.1) is 17.3 Å². The molecule has 0 spiro atoms. The predicted molar refractivity (Wildman–Crippen MR) is 75.2 cm³/mol. The smallest absolute Gasteiger partial charge is 0.168 e. The van der Waals surface area contributed by atoms with Crippen LogP contribution in [0.15, 0.2) is 36.8 Å². The molecule has 2 heterocycles. The number of rotatable bonds is 2. The van der Waals surface area contributed by atoms with Gasteiger partial charge >= 0.3 is 0 Å². The molecule has 3 aromatic rings. The summed E-state index contributed by atoms with van der Waals surface area (Å²) >= 11 is 0. The number of benzene rings is 1. The highest BCUT2D eigenvalue weighted by molar-refractivity contribution is 5.85. The van der Waals surface area contributed by atoms with Gasteiger partial charge in [-0.25, -0.2) is 14.6 Å². The number of aromatic nitrogens is 4. The van der Waals surface area contributed by atoms with Crippen molar-refractivity contribution in [1.29, 1.82) is 0 Å². The van der Waals surface area contributed by atoms with Crippen molar-refractivity contribution in [2.45, 2.75) is 19.8 Å². The van der Waals surface area contributed by atoms with Gasteiger partial charge in [0.15, 0.2) is 5.65 Å². The zero-order valence-corrected chi connectivity index (χ0v) is 10.9. The fraction of sp³-hybridized carbons (Fsp3) is 0.214. The van der Waals surface area contributed by atoms with E-state index in [1.807, 2.05) is 12.1 Å². The summed E-state index contributed by atoms with van der Waals surface area (Å²) in [6.07, 6.45) is 3.15. The minimum absolute atomic E-state index is 0.454. The van der Waals surface area contributed by atoms with Crippen LogP contribution in [0.25, 0.3) is 16.7 Å². The van der Waals surface area contributed by atoms with Gasteiger partial charge in [0.25, 0.3) is 0 Å². The van der Waals surface area contributed by atoms with Crippen LogP contribution in [-0.2, 0) is 0 Å². The van der Waals surface area contributed by atoms with Crippen LogP contribution in [0.1, 0.15) is 25.3 Å². The highest BCUT2D eigenvalue weighted by Crippen LogP contribution is 2.21. The Bertz CT molecular complexity index is 712. The number of nitrogens with zero attached hydrogens (tertiary/aromatic N) is 4. The van der Waals surface area contributed by atoms with Gasteiger partial charge in [-0.15, -0.1) is 0 Å². The lowest BCUT2D eigenvalue weighted by atomic mass is 10.0. The van der Waals surface area contributed by atoms with Crippen LogP contribution in [0.4, 0.5) is 5.82 Å². The summed E-state index contributed by atoms with van der Waals surface area (Å²) in [5.74, 6) is 0.969. The van der Waals surface area contributed by atoms with Gasteiger partial charge in [0.1, 0.15) is 12.1 Å². The molecular formula is C14H15N5. The van der Waals surface area contributed by atoms with E-state index in [9.17, 15) is 0 Å². The van der Waals surface area contributed by atoms with E-state index >= 15 is 0 Å². The largest absolute Gasteiger partial charge is 0.383 e. The highest BCUT2D eigenvalue weighted by Gasteiger charge is 2.09. The van der Waals surface area contributed by atoms with Crippen LogP contribution < -0.4 is 5.73 Å². The van der Waals surface area contributed by atoms with Gasteiger partial charge in [-0.3, -0.25) is 0 Å². The lowest BCUT2D eigenvalue weighted by Gasteiger charge is -2.07. The van der Waals surface area contributed by atoms with E-state index in [0.717, 1.165) is 16.7 Å². The van der Waals surface area contributed by atoms with E-state index in [2.05, 4.69) is 41.0 Å². The van der Waals surface area contributed by atoms with Crippen molar-refractivity contribution in [1.82, 2.24) is 19.7 Å². The summed E-state index contributed by atoms with van der Waals surface area (Å²) in [6, 6.07) is 8.30. The molecule has 0 aliphatic carbocycles. The lowest BCUT2D eigenvalue weighted by Crippen LogP contribution is -1.99. The molecule has 19 heavy (non-hydrogen) atoms. The molecule has 0 saturated heterocycles. The third-order valence-corrected chi connectivity index (χ3v) is 3.20. The maximum Gasteiger partial charge on any atom is 0.168 e. The first kappa shape index (κ1) is 11.6. The predicted octanol–water partition coefficient (Wildman–Crippen LogP) is 2.52. The third kappa shape index (κ3) is 1.93. The minimum atomic E-state index is 0.454. The molecule has 5 heteroatoms. The summed E-state index contributed by atoms with van der Waals surface area (Å²) in [5.41, 5.74) is 8.80. The fourth-order valence-electron chi connectivity index (χ4n) is 2.05. The third-order valence-electron chi connectivity index (χ3n) is 3.20. The Labute approximate surface area is 111 Å². The molecule has 0 radical (unpaired) electrons. The molecule has 0 bridgehead atoms. The minimum Gasteiger partial charge on any atom is -0.383 e. The highest BCUT2D eigenvalue weighted by atomic mass is 15.3. The Morgan fingerprint density at radius 1 is 1.11 bits per heavy atom. The zero-order valence-electron chi connectivity index (χ0n) is 10.9. The van der Waals surface area contributed by atoms with Crippen LogP contribution >= 0.6 is 0 Å². The zero-order chi connectivity index (χ0) is 13.4. The van der Waals surface area contributed by atoms with Crippen LogP contribution in [-0.4, -0.2) is 19.7 Å². The van der Waals surface area contributed by atoms with E-state index in [-0.39, 0.29) is 0 Å². The second-order valence-corrected chi connectivity index (χ2v) is 4.80. The fourth-order valence-corrected chi connectivity index (χ4v) is 2.05. The van der Waals surface area contributed by atoms with Crippen LogP contribution in [0.5, 0.6) is 0 Å². The lowest BCUT2D eigenvalue weighted by molar-refractivity contribution is 0.858. The molecule has 2 aromatic heterocycles. The summed E-state index contributed by atoms with van der Waals surface area (Å²) in [6.45, 7) is 4.35.